The molecule has 0 bridgehead atoms. The van der Waals surface area contributed by atoms with Crippen LogP contribution >= 0.6 is 0 Å². The Hall–Kier alpha value is -3.36. The molecule has 1 aromatic heterocycles. The summed E-state index contributed by atoms with van der Waals surface area (Å²) in [5, 5.41) is 6.06. The summed E-state index contributed by atoms with van der Waals surface area (Å²) in [5.41, 5.74) is 1.78. The normalized spacial score (nSPS) is 18.9. The van der Waals surface area contributed by atoms with Gasteiger partial charge in [0.25, 0.3) is 0 Å². The van der Waals surface area contributed by atoms with Crippen molar-refractivity contribution in [3.63, 3.8) is 0 Å². The number of piperazine rings is 1. The summed E-state index contributed by atoms with van der Waals surface area (Å²) in [6.45, 7) is 4.41. The highest BCUT2D eigenvalue weighted by Gasteiger charge is 2.32. The fraction of sp³-hybridized carbons (Fsp3) is 0.429. The van der Waals surface area contributed by atoms with Gasteiger partial charge in [-0.15, -0.1) is 0 Å². The molecule has 2 N–H and O–H groups in total. The lowest BCUT2D eigenvalue weighted by molar-refractivity contribution is -0.134. The lowest BCUT2D eigenvalue weighted by atomic mass is 10.2. The Morgan fingerprint density at radius 3 is 2.53 bits per heavy atom. The minimum absolute atomic E-state index is 0.00696. The van der Waals surface area contributed by atoms with Crippen LogP contribution in [0.2, 0.25) is 0 Å². The number of carbonyl (C=O) groups is 2. The topological polar surface area (TPSA) is 99.7 Å². The molecule has 4 rings (SSSR count). The quantitative estimate of drug-likeness (QED) is 0.770. The molecule has 0 saturated carbocycles. The van der Waals surface area contributed by atoms with Gasteiger partial charge in [0, 0.05) is 50.0 Å². The monoisotopic (exact) mass is 410 g/mol. The van der Waals surface area contributed by atoms with Crippen LogP contribution in [0.15, 0.2) is 30.3 Å². The number of nitrogens with zero attached hydrogens (tertiary/aromatic N) is 4. The zero-order valence-corrected chi connectivity index (χ0v) is 17.2. The van der Waals surface area contributed by atoms with Gasteiger partial charge in [0.15, 0.2) is 0 Å². The van der Waals surface area contributed by atoms with Crippen LogP contribution in [-0.4, -0.2) is 66.0 Å². The van der Waals surface area contributed by atoms with Crippen molar-refractivity contribution in [1.29, 1.82) is 0 Å². The molecule has 2 amide bonds. The first-order valence-electron chi connectivity index (χ1n) is 10.1. The van der Waals surface area contributed by atoms with E-state index in [1.54, 1.807) is 7.11 Å². The summed E-state index contributed by atoms with van der Waals surface area (Å²) in [6, 6.07) is 9.17. The molecule has 1 atom stereocenters. The lowest BCUT2D eigenvalue weighted by Crippen LogP contribution is -2.53. The van der Waals surface area contributed by atoms with Crippen LogP contribution in [0, 0.1) is 6.92 Å². The smallest absolute Gasteiger partial charge is 0.245 e. The second-order valence-electron chi connectivity index (χ2n) is 7.52. The van der Waals surface area contributed by atoms with Gasteiger partial charge in [-0.25, -0.2) is 4.98 Å². The van der Waals surface area contributed by atoms with Crippen molar-refractivity contribution in [2.24, 2.45) is 0 Å². The van der Waals surface area contributed by atoms with E-state index in [0.29, 0.717) is 45.0 Å². The van der Waals surface area contributed by atoms with Crippen molar-refractivity contribution in [2.45, 2.75) is 25.8 Å². The number of amides is 2. The van der Waals surface area contributed by atoms with Crippen LogP contribution in [-0.2, 0) is 9.59 Å². The van der Waals surface area contributed by atoms with E-state index in [1.165, 1.54) is 0 Å². The van der Waals surface area contributed by atoms with Crippen LogP contribution in [0.25, 0.3) is 0 Å². The van der Waals surface area contributed by atoms with E-state index < -0.39 is 0 Å². The predicted octanol–water partition coefficient (Wildman–Crippen LogP) is 1.46. The van der Waals surface area contributed by atoms with Crippen LogP contribution < -0.4 is 20.3 Å². The average Bonchev–Trinajstić information content (AvgIpc) is 3.20. The van der Waals surface area contributed by atoms with Gasteiger partial charge in [0.2, 0.25) is 17.8 Å². The first-order chi connectivity index (χ1) is 14.5. The summed E-state index contributed by atoms with van der Waals surface area (Å²) in [5.74, 6) is 2.12. The largest absolute Gasteiger partial charge is 0.497 e. The van der Waals surface area contributed by atoms with Gasteiger partial charge in [-0.3, -0.25) is 9.59 Å². The number of hydrogen-bond acceptors (Lipinski definition) is 7. The Labute approximate surface area is 175 Å². The van der Waals surface area contributed by atoms with Gasteiger partial charge in [0.1, 0.15) is 17.6 Å². The average molecular weight is 410 g/mol. The van der Waals surface area contributed by atoms with E-state index >= 15 is 0 Å². The number of hydrogen-bond donors (Lipinski definition) is 2. The Morgan fingerprint density at radius 2 is 1.90 bits per heavy atom. The van der Waals surface area contributed by atoms with Crippen molar-refractivity contribution < 1.29 is 14.3 Å². The van der Waals surface area contributed by atoms with Crippen molar-refractivity contribution in [2.75, 3.05) is 43.5 Å². The Morgan fingerprint density at radius 1 is 1.17 bits per heavy atom. The zero-order valence-electron chi connectivity index (χ0n) is 17.2. The van der Waals surface area contributed by atoms with E-state index in [4.69, 9.17) is 4.74 Å². The number of carbonyl (C=O) groups excluding carboxylic acids is 2. The number of methoxy groups -OCH3 is 1. The van der Waals surface area contributed by atoms with Crippen LogP contribution in [0.1, 0.15) is 18.5 Å². The SMILES string of the molecule is COc1ccc(Nc2cc(C)nc(N3CCN(C(=O)C4CCC(=O)N4)CC3)n2)cc1. The van der Waals surface area contributed by atoms with Crippen LogP contribution in [0.4, 0.5) is 17.5 Å². The lowest BCUT2D eigenvalue weighted by Gasteiger charge is -2.36. The highest BCUT2D eigenvalue weighted by atomic mass is 16.5. The van der Waals surface area contributed by atoms with Gasteiger partial charge >= 0.3 is 0 Å². The molecular weight excluding hydrogens is 384 g/mol. The molecule has 0 spiro atoms. The van der Waals surface area contributed by atoms with Crippen LogP contribution in [0.3, 0.4) is 0 Å². The second-order valence-corrected chi connectivity index (χ2v) is 7.52. The number of ether oxygens (including phenoxy) is 1. The summed E-state index contributed by atoms with van der Waals surface area (Å²) >= 11 is 0. The predicted molar refractivity (Wildman–Crippen MR) is 113 cm³/mol. The first kappa shape index (κ1) is 19.9. The molecular formula is C21H26N6O3. The molecule has 9 nitrogen and oxygen atoms in total. The third-order valence-corrected chi connectivity index (χ3v) is 5.37. The molecule has 0 aliphatic carbocycles. The number of rotatable bonds is 5. The Balaban J connectivity index is 1.39. The van der Waals surface area contributed by atoms with E-state index in [9.17, 15) is 9.59 Å². The molecule has 3 heterocycles. The van der Waals surface area contributed by atoms with E-state index in [1.807, 2.05) is 42.2 Å². The highest BCUT2D eigenvalue weighted by Crippen LogP contribution is 2.22. The number of benzene rings is 1. The maximum absolute atomic E-state index is 12.6. The minimum Gasteiger partial charge on any atom is -0.497 e. The van der Waals surface area contributed by atoms with Gasteiger partial charge in [-0.2, -0.15) is 4.98 Å². The zero-order chi connectivity index (χ0) is 21.1. The summed E-state index contributed by atoms with van der Waals surface area (Å²) < 4.78 is 5.19. The summed E-state index contributed by atoms with van der Waals surface area (Å²) in [7, 11) is 1.64. The van der Waals surface area contributed by atoms with Gasteiger partial charge in [-0.05, 0) is 37.6 Å². The molecule has 2 aromatic rings. The van der Waals surface area contributed by atoms with Crippen molar-refractivity contribution in [3.8, 4) is 5.75 Å². The maximum Gasteiger partial charge on any atom is 0.245 e. The van der Waals surface area contributed by atoms with E-state index in [0.717, 1.165) is 22.9 Å². The molecule has 2 fully saturated rings. The van der Waals surface area contributed by atoms with Gasteiger partial charge in [-0.1, -0.05) is 0 Å². The molecule has 1 unspecified atom stereocenters. The Bertz CT molecular complexity index is 925. The maximum atomic E-state index is 12.6. The molecule has 158 valence electrons. The van der Waals surface area contributed by atoms with Crippen molar-refractivity contribution in [1.82, 2.24) is 20.2 Å². The molecule has 1 aromatic carbocycles. The van der Waals surface area contributed by atoms with E-state index in [2.05, 4.69) is 25.5 Å². The van der Waals surface area contributed by atoms with E-state index in [-0.39, 0.29) is 17.9 Å². The molecule has 2 aliphatic rings. The second kappa shape index (κ2) is 8.56. The standard InChI is InChI=1S/C21H26N6O3/c1-14-13-18(23-15-3-5-16(30-2)6-4-15)25-21(22-14)27-11-9-26(10-12-27)20(29)17-7-8-19(28)24-17/h3-6,13,17H,7-12H2,1-2H3,(H,24,28)(H,22,23,25). The molecule has 2 saturated heterocycles. The Kier molecular flexibility index (Phi) is 5.69. The fourth-order valence-corrected chi connectivity index (χ4v) is 3.73. The molecule has 9 heteroatoms. The third-order valence-electron chi connectivity index (χ3n) is 5.37. The highest BCUT2D eigenvalue weighted by molar-refractivity contribution is 5.90. The summed E-state index contributed by atoms with van der Waals surface area (Å²) in [4.78, 5) is 37.1. The minimum atomic E-state index is -0.375. The molecule has 2 aliphatic heterocycles. The van der Waals surface area contributed by atoms with Crippen LogP contribution in [0.5, 0.6) is 5.75 Å². The third kappa shape index (κ3) is 4.45. The molecule has 0 radical (unpaired) electrons. The van der Waals surface area contributed by atoms with Gasteiger partial charge < -0.3 is 25.2 Å². The summed E-state index contributed by atoms with van der Waals surface area (Å²) in [6.07, 6.45) is 1.01. The number of anilines is 3. The number of aryl methyl sites for hydroxylation is 1. The van der Waals surface area contributed by atoms with Crippen molar-refractivity contribution in [3.05, 3.63) is 36.0 Å². The van der Waals surface area contributed by atoms with Gasteiger partial charge in [0.05, 0.1) is 7.11 Å². The molecule has 30 heavy (non-hydrogen) atoms. The number of aromatic nitrogens is 2. The number of nitrogens with one attached hydrogen (secondary N) is 2. The first-order valence-corrected chi connectivity index (χ1v) is 10.1. The fourth-order valence-electron chi connectivity index (χ4n) is 3.73. The van der Waals surface area contributed by atoms with Crippen molar-refractivity contribution >= 4 is 29.3 Å².